The predicted molar refractivity (Wildman–Crippen MR) is 268 cm³/mol. The van der Waals surface area contributed by atoms with Gasteiger partial charge in [0.2, 0.25) is 0 Å². The molecule has 63 heavy (non-hydrogen) atoms. The Labute approximate surface area is 369 Å². The van der Waals surface area contributed by atoms with Gasteiger partial charge >= 0.3 is 0 Å². The molecule has 1 aromatic heterocycles. The van der Waals surface area contributed by atoms with Gasteiger partial charge in [-0.1, -0.05) is 176 Å². The molecule has 0 aliphatic heterocycles. The normalized spacial score (nSPS) is 13.2. The molecule has 0 N–H and O–H groups in total. The lowest BCUT2D eigenvalue weighted by Gasteiger charge is -2.30. The van der Waals surface area contributed by atoms with Gasteiger partial charge in [0.25, 0.3) is 0 Å². The fourth-order valence-electron chi connectivity index (χ4n) is 11.4. The third-order valence-corrected chi connectivity index (χ3v) is 15.2. The molecule has 0 atom stereocenters. The van der Waals surface area contributed by atoms with E-state index in [2.05, 4.69) is 229 Å². The minimum Gasteiger partial charge on any atom is -0.310 e. The first-order valence-corrected chi connectivity index (χ1v) is 22.6. The van der Waals surface area contributed by atoms with Crippen LogP contribution >= 0.6 is 11.3 Å². The van der Waals surface area contributed by atoms with E-state index in [9.17, 15) is 0 Å². The van der Waals surface area contributed by atoms with Gasteiger partial charge in [-0.15, -0.1) is 11.3 Å². The molecule has 0 radical (unpaired) electrons. The molecule has 11 aromatic carbocycles. The Morgan fingerprint density at radius 3 is 1.48 bits per heavy atom. The van der Waals surface area contributed by atoms with Crippen LogP contribution in [-0.2, 0) is 5.41 Å². The van der Waals surface area contributed by atoms with Crippen molar-refractivity contribution in [3.63, 3.8) is 0 Å². The largest absolute Gasteiger partial charge is 0.310 e. The summed E-state index contributed by atoms with van der Waals surface area (Å²) in [6.45, 7) is 0. The Hall–Kier alpha value is -7.78. The van der Waals surface area contributed by atoms with Crippen LogP contribution in [0, 0.1) is 0 Å². The quantitative estimate of drug-likeness (QED) is 0.171. The van der Waals surface area contributed by atoms with Crippen molar-refractivity contribution in [2.24, 2.45) is 0 Å². The van der Waals surface area contributed by atoms with Gasteiger partial charge in [-0.25, -0.2) is 0 Å². The number of fused-ring (bicyclic) bond motifs is 17. The van der Waals surface area contributed by atoms with Crippen molar-refractivity contribution in [2.45, 2.75) is 5.41 Å². The molecule has 0 saturated carbocycles. The number of rotatable bonds is 4. The molecular weight excluding hydrogens is 779 g/mol. The number of hydrogen-bond acceptors (Lipinski definition) is 2. The van der Waals surface area contributed by atoms with Crippen LogP contribution in [0.4, 0.5) is 17.1 Å². The number of nitrogens with zero attached hydrogens (tertiary/aromatic N) is 1. The van der Waals surface area contributed by atoms with Crippen molar-refractivity contribution in [2.75, 3.05) is 4.90 Å². The van der Waals surface area contributed by atoms with E-state index in [4.69, 9.17) is 0 Å². The number of anilines is 3. The highest BCUT2D eigenvalue weighted by Crippen LogP contribution is 2.63. The Morgan fingerprint density at radius 2 is 0.857 bits per heavy atom. The van der Waals surface area contributed by atoms with Gasteiger partial charge in [0.05, 0.1) is 11.1 Å². The van der Waals surface area contributed by atoms with Crippen molar-refractivity contribution in [1.82, 2.24) is 0 Å². The molecule has 0 bridgehead atoms. The molecule has 0 unspecified atom stereocenters. The van der Waals surface area contributed by atoms with E-state index in [0.29, 0.717) is 0 Å². The second kappa shape index (κ2) is 13.1. The SMILES string of the molecule is c1ccc2c(c1)-c1ccccc1C21c2ccccc2-c2ccc(-c3cc4c(sc5cccc(N(c6ccc7ccccc7c6)c6ccc7ccccc7c6)c54)c4ccccc34)cc21. The molecule has 1 heterocycles. The molecule has 14 rings (SSSR count). The lowest BCUT2D eigenvalue weighted by Crippen LogP contribution is -2.25. The lowest BCUT2D eigenvalue weighted by atomic mass is 9.70. The molecule has 1 spiro atoms. The molecule has 0 saturated heterocycles. The van der Waals surface area contributed by atoms with E-state index >= 15 is 0 Å². The Morgan fingerprint density at radius 1 is 0.333 bits per heavy atom. The predicted octanol–water partition coefficient (Wildman–Crippen LogP) is 17.0. The van der Waals surface area contributed by atoms with E-state index in [0.717, 1.165) is 11.4 Å². The van der Waals surface area contributed by atoms with Crippen LogP contribution in [0.3, 0.4) is 0 Å². The molecule has 0 amide bonds. The van der Waals surface area contributed by atoms with Gasteiger partial charge in [-0.3, -0.25) is 0 Å². The maximum atomic E-state index is 2.54. The minimum absolute atomic E-state index is 0.405. The first kappa shape index (κ1) is 34.9. The lowest BCUT2D eigenvalue weighted by molar-refractivity contribution is 0.794. The molecule has 1 nitrogen and oxygen atoms in total. The van der Waals surface area contributed by atoms with E-state index < -0.39 is 5.41 Å². The van der Waals surface area contributed by atoms with Crippen LogP contribution in [0.2, 0.25) is 0 Å². The monoisotopic (exact) mass is 815 g/mol. The summed E-state index contributed by atoms with van der Waals surface area (Å²) in [5.41, 5.74) is 16.3. The summed E-state index contributed by atoms with van der Waals surface area (Å²) in [7, 11) is 0. The summed E-state index contributed by atoms with van der Waals surface area (Å²) in [6, 6.07) is 84.1. The maximum Gasteiger partial charge on any atom is 0.0725 e. The van der Waals surface area contributed by atoms with Gasteiger partial charge in [-0.05, 0) is 131 Å². The first-order valence-electron chi connectivity index (χ1n) is 21.8. The summed E-state index contributed by atoms with van der Waals surface area (Å²) >= 11 is 1.91. The maximum absolute atomic E-state index is 2.54. The second-order valence-corrected chi connectivity index (χ2v) is 18.2. The zero-order valence-corrected chi connectivity index (χ0v) is 35.0. The Kier molecular flexibility index (Phi) is 7.26. The Bertz CT molecular complexity index is 3750. The van der Waals surface area contributed by atoms with Gasteiger partial charge in [-0.2, -0.15) is 0 Å². The van der Waals surface area contributed by atoms with Gasteiger partial charge in [0.15, 0.2) is 0 Å². The highest BCUT2D eigenvalue weighted by atomic mass is 32.1. The topological polar surface area (TPSA) is 3.24 Å². The molecule has 292 valence electrons. The van der Waals surface area contributed by atoms with Crippen LogP contribution in [-0.4, -0.2) is 0 Å². The van der Waals surface area contributed by atoms with E-state index in [1.54, 1.807) is 0 Å². The molecule has 0 fully saturated rings. The van der Waals surface area contributed by atoms with Crippen molar-refractivity contribution < 1.29 is 0 Å². The molecule has 2 aliphatic rings. The summed E-state index contributed by atoms with van der Waals surface area (Å²) in [4.78, 5) is 2.48. The van der Waals surface area contributed by atoms with E-state index in [1.165, 1.54) is 114 Å². The fraction of sp³-hybridized carbons (Fsp3) is 0.0164. The van der Waals surface area contributed by atoms with Crippen LogP contribution in [0.5, 0.6) is 0 Å². The highest BCUT2D eigenvalue weighted by molar-refractivity contribution is 7.26. The zero-order valence-electron chi connectivity index (χ0n) is 34.2. The third-order valence-electron chi connectivity index (χ3n) is 14.0. The smallest absolute Gasteiger partial charge is 0.0725 e. The van der Waals surface area contributed by atoms with Crippen molar-refractivity contribution in [3.8, 4) is 33.4 Å². The number of hydrogen-bond donors (Lipinski definition) is 0. The van der Waals surface area contributed by atoms with Crippen LogP contribution in [0.1, 0.15) is 22.3 Å². The molecule has 2 heteroatoms. The third kappa shape index (κ3) is 4.82. The van der Waals surface area contributed by atoms with Crippen LogP contribution < -0.4 is 4.90 Å². The molecular formula is C61H37NS. The number of thiophene rings is 1. The van der Waals surface area contributed by atoms with Crippen molar-refractivity contribution in [3.05, 3.63) is 247 Å². The first-order chi connectivity index (χ1) is 31.2. The summed E-state index contributed by atoms with van der Waals surface area (Å²) < 4.78 is 2.59. The number of benzene rings is 11. The minimum atomic E-state index is -0.405. The van der Waals surface area contributed by atoms with E-state index in [-0.39, 0.29) is 0 Å². The van der Waals surface area contributed by atoms with Crippen LogP contribution in [0.25, 0.3) is 85.9 Å². The Balaban J connectivity index is 1.04. The standard InChI is InChI=1S/C61H37NS/c1-3-16-40-34-43(31-28-38(40)14-1)62(44-32-29-39-15-2-4-17-41(39)35-44)57-26-13-27-58-59(57)52-37-51(45-18-5-6-22-50(45)60(52)63-58)42-30-33-49-48-21-9-12-25-55(48)61(56(49)36-42)53-23-10-7-19-46(53)47-20-8-11-24-54(47)61/h1-37H. The van der Waals surface area contributed by atoms with Gasteiger partial charge in [0.1, 0.15) is 0 Å². The second-order valence-electron chi connectivity index (χ2n) is 17.1. The summed E-state index contributed by atoms with van der Waals surface area (Å²) in [6.07, 6.45) is 0. The van der Waals surface area contributed by atoms with Crippen molar-refractivity contribution >= 4 is 80.9 Å². The van der Waals surface area contributed by atoms with E-state index in [1.807, 2.05) is 11.3 Å². The molecule has 2 aliphatic carbocycles. The van der Waals surface area contributed by atoms with Gasteiger partial charge < -0.3 is 4.90 Å². The zero-order chi connectivity index (χ0) is 41.2. The fourth-order valence-corrected chi connectivity index (χ4v) is 12.6. The average Bonchev–Trinajstić information content (AvgIpc) is 3.98. The van der Waals surface area contributed by atoms with Gasteiger partial charge in [0, 0.05) is 36.9 Å². The summed E-state index contributed by atoms with van der Waals surface area (Å²) in [5.74, 6) is 0. The van der Waals surface area contributed by atoms with Crippen LogP contribution in [0.15, 0.2) is 224 Å². The highest BCUT2D eigenvalue weighted by Gasteiger charge is 2.51. The average molecular weight is 816 g/mol. The molecule has 12 aromatic rings. The summed E-state index contributed by atoms with van der Waals surface area (Å²) in [5, 5.41) is 10.0. The van der Waals surface area contributed by atoms with Crippen molar-refractivity contribution in [1.29, 1.82) is 0 Å².